The molecule has 1 aliphatic heterocycles. The third-order valence-electron chi connectivity index (χ3n) is 4.14. The summed E-state index contributed by atoms with van der Waals surface area (Å²) < 4.78 is 1.87. The van der Waals surface area contributed by atoms with Crippen LogP contribution in [-0.4, -0.2) is 33.7 Å². The number of halogens is 1. The van der Waals surface area contributed by atoms with Gasteiger partial charge in [0.2, 0.25) is 0 Å². The van der Waals surface area contributed by atoms with Crippen LogP contribution in [0.15, 0.2) is 47.7 Å². The lowest BCUT2D eigenvalue weighted by Crippen LogP contribution is -2.43. The lowest BCUT2D eigenvalue weighted by atomic mass is 10.0. The Kier molecular flexibility index (Phi) is 6.44. The number of piperidine rings is 1. The van der Waals surface area contributed by atoms with Gasteiger partial charge in [-0.1, -0.05) is 25.1 Å². The number of para-hydroxylation sites is 1. The highest BCUT2D eigenvalue weighted by atomic mass is 127. The Morgan fingerprint density at radius 3 is 2.91 bits per heavy atom. The van der Waals surface area contributed by atoms with Crippen LogP contribution < -0.4 is 5.73 Å². The van der Waals surface area contributed by atoms with E-state index in [9.17, 15) is 0 Å². The molecule has 1 unspecified atom stereocenters. The van der Waals surface area contributed by atoms with Crippen molar-refractivity contribution < 1.29 is 0 Å². The molecule has 0 spiro atoms. The Hall–Kier alpha value is -1.57. The lowest BCUT2D eigenvalue weighted by Gasteiger charge is -2.31. The second kappa shape index (κ2) is 8.33. The summed E-state index contributed by atoms with van der Waals surface area (Å²) in [5.41, 5.74) is 8.36. The van der Waals surface area contributed by atoms with Crippen molar-refractivity contribution in [3.63, 3.8) is 0 Å². The molecule has 2 N–H and O–H groups in total. The number of nitrogens with zero attached hydrogens (tertiary/aromatic N) is 4. The normalized spacial score (nSPS) is 18.6. The van der Waals surface area contributed by atoms with Crippen LogP contribution in [0.4, 0.5) is 0 Å². The summed E-state index contributed by atoms with van der Waals surface area (Å²) in [7, 11) is 0. The van der Waals surface area contributed by atoms with Gasteiger partial charge in [-0.15, -0.1) is 24.0 Å². The first-order valence-electron chi connectivity index (χ1n) is 7.87. The van der Waals surface area contributed by atoms with Crippen LogP contribution >= 0.6 is 24.0 Å². The van der Waals surface area contributed by atoms with Gasteiger partial charge in [-0.3, -0.25) is 0 Å². The zero-order valence-corrected chi connectivity index (χ0v) is 15.8. The number of aromatic nitrogens is 2. The standard InChI is InChI=1S/C17H23N5.HI/c1-14-6-4-10-21(13-14)17(18)19-12-15-7-2-3-8-16(15)22-11-5-9-20-22;/h2-3,5,7-9,11,14H,4,6,10,12-13H2,1H3,(H2,18,19);1H. The Morgan fingerprint density at radius 2 is 2.17 bits per heavy atom. The van der Waals surface area contributed by atoms with Crippen molar-refractivity contribution >= 4 is 29.9 Å². The van der Waals surface area contributed by atoms with Gasteiger partial charge < -0.3 is 10.6 Å². The van der Waals surface area contributed by atoms with Gasteiger partial charge in [0.15, 0.2) is 5.96 Å². The first kappa shape index (κ1) is 17.8. The zero-order valence-electron chi connectivity index (χ0n) is 13.4. The molecule has 1 aliphatic rings. The molecule has 5 nitrogen and oxygen atoms in total. The number of hydrogen-bond donors (Lipinski definition) is 1. The number of rotatable bonds is 3. The van der Waals surface area contributed by atoms with E-state index in [2.05, 4.69) is 34.0 Å². The van der Waals surface area contributed by atoms with Crippen LogP contribution in [0, 0.1) is 5.92 Å². The number of likely N-dealkylation sites (tertiary alicyclic amines) is 1. The molecule has 1 atom stereocenters. The van der Waals surface area contributed by atoms with Crippen molar-refractivity contribution in [2.45, 2.75) is 26.3 Å². The van der Waals surface area contributed by atoms with Crippen molar-refractivity contribution in [3.8, 4) is 5.69 Å². The summed E-state index contributed by atoms with van der Waals surface area (Å²) in [6.45, 7) is 4.87. The van der Waals surface area contributed by atoms with Crippen molar-refractivity contribution in [2.24, 2.45) is 16.6 Å². The number of guanidine groups is 1. The molecule has 0 saturated carbocycles. The smallest absolute Gasteiger partial charge is 0.191 e. The van der Waals surface area contributed by atoms with E-state index in [-0.39, 0.29) is 24.0 Å². The van der Waals surface area contributed by atoms with Gasteiger partial charge in [-0.05, 0) is 36.5 Å². The average Bonchev–Trinajstić information content (AvgIpc) is 3.07. The van der Waals surface area contributed by atoms with Crippen molar-refractivity contribution in [1.82, 2.24) is 14.7 Å². The van der Waals surface area contributed by atoms with Gasteiger partial charge in [0.25, 0.3) is 0 Å². The summed E-state index contributed by atoms with van der Waals surface area (Å²) >= 11 is 0. The monoisotopic (exact) mass is 425 g/mol. The predicted octanol–water partition coefficient (Wildman–Crippen LogP) is 3.04. The molecule has 0 radical (unpaired) electrons. The highest BCUT2D eigenvalue weighted by Crippen LogP contribution is 2.17. The minimum Gasteiger partial charge on any atom is -0.370 e. The number of aliphatic imine (C=N–C) groups is 1. The molecule has 124 valence electrons. The fraction of sp³-hybridized carbons (Fsp3) is 0.412. The van der Waals surface area contributed by atoms with Gasteiger partial charge in [0.1, 0.15) is 0 Å². The van der Waals surface area contributed by atoms with E-state index in [0.717, 1.165) is 24.3 Å². The van der Waals surface area contributed by atoms with Gasteiger partial charge in [-0.25, -0.2) is 9.67 Å². The van der Waals surface area contributed by atoms with Gasteiger partial charge in [0.05, 0.1) is 12.2 Å². The van der Waals surface area contributed by atoms with Crippen LogP contribution in [0.2, 0.25) is 0 Å². The van der Waals surface area contributed by atoms with Crippen LogP contribution in [0.5, 0.6) is 0 Å². The molecule has 2 aromatic rings. The first-order chi connectivity index (χ1) is 10.7. The molecule has 23 heavy (non-hydrogen) atoms. The van der Waals surface area contributed by atoms with E-state index in [4.69, 9.17) is 5.73 Å². The fourth-order valence-corrected chi connectivity index (χ4v) is 2.94. The lowest BCUT2D eigenvalue weighted by molar-refractivity contribution is 0.270. The number of benzene rings is 1. The van der Waals surface area contributed by atoms with E-state index in [0.29, 0.717) is 18.4 Å². The summed E-state index contributed by atoms with van der Waals surface area (Å²) in [4.78, 5) is 6.80. The van der Waals surface area contributed by atoms with E-state index < -0.39 is 0 Å². The molecule has 1 aromatic heterocycles. The van der Waals surface area contributed by atoms with Gasteiger partial charge in [0, 0.05) is 25.5 Å². The summed E-state index contributed by atoms with van der Waals surface area (Å²) in [6, 6.07) is 10.1. The molecular weight excluding hydrogens is 401 g/mol. The second-order valence-corrected chi connectivity index (χ2v) is 5.95. The SMILES string of the molecule is CC1CCCN(C(N)=NCc2ccccc2-n2cccn2)C1.I. The highest BCUT2D eigenvalue weighted by molar-refractivity contribution is 14.0. The highest BCUT2D eigenvalue weighted by Gasteiger charge is 2.17. The molecule has 0 amide bonds. The van der Waals surface area contributed by atoms with E-state index in [1.165, 1.54) is 12.8 Å². The Balaban J connectivity index is 0.00000192. The van der Waals surface area contributed by atoms with Crippen LogP contribution in [-0.2, 0) is 6.54 Å². The topological polar surface area (TPSA) is 59.4 Å². The summed E-state index contributed by atoms with van der Waals surface area (Å²) in [6.07, 6.45) is 6.20. The van der Waals surface area contributed by atoms with Crippen LogP contribution in [0.25, 0.3) is 5.69 Å². The zero-order chi connectivity index (χ0) is 15.4. The van der Waals surface area contributed by atoms with Crippen LogP contribution in [0.3, 0.4) is 0 Å². The Labute approximate surface area is 154 Å². The Bertz CT molecular complexity index is 638. The Morgan fingerprint density at radius 1 is 1.35 bits per heavy atom. The van der Waals surface area contributed by atoms with Gasteiger partial charge in [-0.2, -0.15) is 5.10 Å². The molecule has 3 rings (SSSR count). The molecule has 1 saturated heterocycles. The first-order valence-corrected chi connectivity index (χ1v) is 7.87. The molecule has 0 bridgehead atoms. The minimum absolute atomic E-state index is 0. The maximum atomic E-state index is 6.18. The number of hydrogen-bond acceptors (Lipinski definition) is 2. The van der Waals surface area contributed by atoms with Crippen molar-refractivity contribution in [1.29, 1.82) is 0 Å². The summed E-state index contributed by atoms with van der Waals surface area (Å²) in [5.74, 6) is 1.35. The molecule has 6 heteroatoms. The van der Waals surface area contributed by atoms with Crippen molar-refractivity contribution in [3.05, 3.63) is 48.3 Å². The predicted molar refractivity (Wildman–Crippen MR) is 104 cm³/mol. The molecule has 2 heterocycles. The van der Waals surface area contributed by atoms with Crippen LogP contribution in [0.1, 0.15) is 25.3 Å². The maximum Gasteiger partial charge on any atom is 0.191 e. The van der Waals surface area contributed by atoms with E-state index in [1.54, 1.807) is 6.20 Å². The number of nitrogens with two attached hydrogens (primary N) is 1. The maximum absolute atomic E-state index is 6.18. The quantitative estimate of drug-likeness (QED) is 0.467. The molecule has 0 aliphatic carbocycles. The van der Waals surface area contributed by atoms with E-state index in [1.807, 2.05) is 29.1 Å². The van der Waals surface area contributed by atoms with Gasteiger partial charge >= 0.3 is 0 Å². The third-order valence-corrected chi connectivity index (χ3v) is 4.14. The molecule has 1 fully saturated rings. The fourth-order valence-electron chi connectivity index (χ4n) is 2.94. The average molecular weight is 425 g/mol. The largest absolute Gasteiger partial charge is 0.370 e. The van der Waals surface area contributed by atoms with Crippen molar-refractivity contribution in [2.75, 3.05) is 13.1 Å². The third kappa shape index (κ3) is 4.46. The van der Waals surface area contributed by atoms with E-state index >= 15 is 0 Å². The molecule has 1 aromatic carbocycles. The molecular formula is C17H24IN5. The minimum atomic E-state index is 0. The summed E-state index contributed by atoms with van der Waals surface area (Å²) in [5, 5.41) is 4.30. The second-order valence-electron chi connectivity index (χ2n) is 5.95.